The first-order valence-electron chi connectivity index (χ1n) is 14.3. The zero-order valence-corrected chi connectivity index (χ0v) is 21.9. The van der Waals surface area contributed by atoms with E-state index in [9.17, 15) is 0 Å². The van der Waals surface area contributed by atoms with Gasteiger partial charge in [-0.2, -0.15) is 0 Å². The average Bonchev–Trinajstić information content (AvgIpc) is 3.26. The molecule has 1 aromatic rings. The third kappa shape index (κ3) is 13.4. The molecular weight excluding hydrogens is 376 g/mol. The molecule has 0 aliphatic carbocycles. The van der Waals surface area contributed by atoms with Crippen molar-refractivity contribution in [2.75, 3.05) is 0 Å². The molecule has 1 heterocycles. The number of unbranched alkanes of at least 4 members (excludes halogenated alkanes) is 15. The molecule has 31 heavy (non-hydrogen) atoms. The summed E-state index contributed by atoms with van der Waals surface area (Å²) in [5, 5.41) is 0. The molecule has 0 aliphatic rings. The number of hydrogen-bond acceptors (Lipinski definition) is 0. The number of aromatic nitrogens is 2. The van der Waals surface area contributed by atoms with Crippen molar-refractivity contribution in [1.29, 1.82) is 0 Å². The van der Waals surface area contributed by atoms with Gasteiger partial charge in [0.25, 0.3) is 5.82 Å². The van der Waals surface area contributed by atoms with Crippen molar-refractivity contribution in [3.05, 3.63) is 18.2 Å². The van der Waals surface area contributed by atoms with Crippen LogP contribution in [-0.4, -0.2) is 4.98 Å². The summed E-state index contributed by atoms with van der Waals surface area (Å²) >= 11 is 0. The lowest BCUT2D eigenvalue weighted by Gasteiger charge is -2.15. The third-order valence-electron chi connectivity index (χ3n) is 7.23. The van der Waals surface area contributed by atoms with Crippen molar-refractivity contribution in [3.63, 3.8) is 0 Å². The van der Waals surface area contributed by atoms with Gasteiger partial charge in [0, 0.05) is 0 Å². The second-order valence-electron chi connectivity index (χ2n) is 10.1. The molecular formula is C29H57N2+. The van der Waals surface area contributed by atoms with Crippen molar-refractivity contribution in [2.45, 2.75) is 168 Å². The molecule has 0 spiro atoms. The van der Waals surface area contributed by atoms with Crippen LogP contribution < -0.4 is 4.57 Å². The number of hydrogen-bond donors (Lipinski definition) is 1. The molecule has 2 atom stereocenters. The lowest BCUT2D eigenvalue weighted by atomic mass is 9.97. The zero-order valence-electron chi connectivity index (χ0n) is 21.9. The Morgan fingerprint density at radius 2 is 1.13 bits per heavy atom. The van der Waals surface area contributed by atoms with Gasteiger partial charge >= 0.3 is 0 Å². The van der Waals surface area contributed by atoms with Crippen LogP contribution in [-0.2, 0) is 0 Å². The van der Waals surface area contributed by atoms with E-state index in [1.807, 2.05) is 0 Å². The first kappa shape index (κ1) is 28.2. The van der Waals surface area contributed by atoms with Crippen LogP contribution in [0.25, 0.3) is 0 Å². The minimum atomic E-state index is 0.624. The average molecular weight is 434 g/mol. The Labute approximate surface area is 196 Å². The van der Waals surface area contributed by atoms with Gasteiger partial charge in [-0.3, -0.25) is 0 Å². The highest BCUT2D eigenvalue weighted by molar-refractivity contribution is 4.89. The molecule has 0 saturated heterocycles. The Kier molecular flexibility index (Phi) is 18.1. The van der Waals surface area contributed by atoms with E-state index in [0.717, 1.165) is 0 Å². The van der Waals surface area contributed by atoms with E-state index in [2.05, 4.69) is 49.6 Å². The monoisotopic (exact) mass is 433 g/mol. The number of nitrogens with one attached hydrogen (secondary N) is 1. The summed E-state index contributed by atoms with van der Waals surface area (Å²) in [6.07, 6.45) is 32.6. The van der Waals surface area contributed by atoms with Crippen LogP contribution in [0.4, 0.5) is 0 Å². The smallest absolute Gasteiger partial charge is 0.247 e. The maximum atomic E-state index is 3.56. The molecule has 2 nitrogen and oxygen atoms in total. The summed E-state index contributed by atoms with van der Waals surface area (Å²) < 4.78 is 2.54. The van der Waals surface area contributed by atoms with Crippen LogP contribution >= 0.6 is 0 Å². The molecule has 2 unspecified atom stereocenters. The lowest BCUT2D eigenvalue weighted by Crippen LogP contribution is -2.41. The Hall–Kier alpha value is -0.790. The van der Waals surface area contributed by atoms with Crippen LogP contribution in [0.5, 0.6) is 0 Å². The normalized spacial score (nSPS) is 13.5. The molecule has 0 amide bonds. The fraction of sp³-hybridized carbons (Fsp3) is 0.897. The quantitative estimate of drug-likeness (QED) is 0.139. The van der Waals surface area contributed by atoms with E-state index in [1.54, 1.807) is 0 Å². The number of imidazole rings is 1. The van der Waals surface area contributed by atoms with Gasteiger partial charge in [0.1, 0.15) is 12.4 Å². The first-order valence-corrected chi connectivity index (χ1v) is 14.3. The van der Waals surface area contributed by atoms with Crippen molar-refractivity contribution in [1.82, 2.24) is 4.98 Å². The van der Waals surface area contributed by atoms with Crippen LogP contribution in [0.15, 0.2) is 12.4 Å². The minimum absolute atomic E-state index is 0.624. The van der Waals surface area contributed by atoms with Crippen molar-refractivity contribution in [3.8, 4) is 0 Å². The maximum absolute atomic E-state index is 3.56. The number of H-pyrrole nitrogens is 1. The predicted molar refractivity (Wildman–Crippen MR) is 138 cm³/mol. The molecule has 0 aliphatic heterocycles. The Morgan fingerprint density at radius 1 is 0.645 bits per heavy atom. The second-order valence-corrected chi connectivity index (χ2v) is 10.1. The molecule has 182 valence electrons. The SMILES string of the molecule is CCCCCCCCCCCCCCCCCC(C)[n+]1cc[nH]c1C(CC)CCCC. The Balaban J connectivity index is 2.02. The fourth-order valence-electron chi connectivity index (χ4n) is 5.01. The first-order chi connectivity index (χ1) is 15.2. The molecule has 1 aromatic heterocycles. The largest absolute Gasteiger partial charge is 0.257 e. The topological polar surface area (TPSA) is 19.7 Å². The maximum Gasteiger partial charge on any atom is 0.257 e. The highest BCUT2D eigenvalue weighted by Crippen LogP contribution is 2.23. The molecule has 1 rings (SSSR count). The summed E-state index contributed by atoms with van der Waals surface area (Å²) in [6.45, 7) is 9.35. The number of nitrogens with zero attached hydrogens (tertiary/aromatic N) is 1. The van der Waals surface area contributed by atoms with E-state index in [1.165, 1.54) is 134 Å². The zero-order chi connectivity index (χ0) is 22.6. The standard InChI is InChI=1S/C29H56N2/c1-5-8-10-11-12-13-14-15-16-17-18-19-20-21-22-23-27(4)31-26-25-30-29(31)28(7-3)24-9-6-2/h25-28H,5-24H2,1-4H3/p+1. The van der Waals surface area contributed by atoms with Crippen LogP contribution in [0, 0.1) is 0 Å². The second kappa shape index (κ2) is 19.9. The number of rotatable bonds is 22. The predicted octanol–water partition coefficient (Wildman–Crippen LogP) is 9.81. The van der Waals surface area contributed by atoms with Gasteiger partial charge in [-0.15, -0.1) is 0 Å². The van der Waals surface area contributed by atoms with Gasteiger partial charge in [-0.1, -0.05) is 124 Å². The summed E-state index contributed by atoms with van der Waals surface area (Å²) in [5.41, 5.74) is 0. The molecule has 2 heteroatoms. The van der Waals surface area contributed by atoms with Crippen molar-refractivity contribution in [2.24, 2.45) is 0 Å². The van der Waals surface area contributed by atoms with Gasteiger partial charge in [-0.05, 0) is 32.6 Å². The highest BCUT2D eigenvalue weighted by atomic mass is 15.1. The minimum Gasteiger partial charge on any atom is -0.247 e. The van der Waals surface area contributed by atoms with Gasteiger partial charge < -0.3 is 0 Å². The van der Waals surface area contributed by atoms with Gasteiger partial charge in [0.05, 0.1) is 12.0 Å². The van der Waals surface area contributed by atoms with E-state index < -0.39 is 0 Å². The molecule has 0 saturated carbocycles. The van der Waals surface area contributed by atoms with Crippen LogP contribution in [0.1, 0.15) is 174 Å². The molecule has 1 N–H and O–H groups in total. The molecule has 0 aromatic carbocycles. The van der Waals surface area contributed by atoms with E-state index in [0.29, 0.717) is 12.0 Å². The molecule has 0 bridgehead atoms. The van der Waals surface area contributed by atoms with E-state index in [4.69, 9.17) is 0 Å². The Bertz CT molecular complexity index is 493. The summed E-state index contributed by atoms with van der Waals surface area (Å²) in [5.74, 6) is 2.16. The summed E-state index contributed by atoms with van der Waals surface area (Å²) in [6, 6.07) is 0.624. The van der Waals surface area contributed by atoms with Gasteiger partial charge in [-0.25, -0.2) is 9.55 Å². The van der Waals surface area contributed by atoms with E-state index in [-0.39, 0.29) is 0 Å². The van der Waals surface area contributed by atoms with Crippen molar-refractivity contribution >= 4 is 0 Å². The van der Waals surface area contributed by atoms with Gasteiger partial charge in [0.15, 0.2) is 0 Å². The Morgan fingerprint density at radius 3 is 1.61 bits per heavy atom. The van der Waals surface area contributed by atoms with Crippen LogP contribution in [0.2, 0.25) is 0 Å². The summed E-state index contributed by atoms with van der Waals surface area (Å²) in [4.78, 5) is 3.56. The fourth-order valence-corrected chi connectivity index (χ4v) is 5.01. The third-order valence-corrected chi connectivity index (χ3v) is 7.23. The van der Waals surface area contributed by atoms with Crippen molar-refractivity contribution < 1.29 is 4.57 Å². The van der Waals surface area contributed by atoms with E-state index >= 15 is 0 Å². The lowest BCUT2D eigenvalue weighted by molar-refractivity contribution is -0.727. The van der Waals surface area contributed by atoms with Gasteiger partial charge in [0.2, 0.25) is 0 Å². The molecule has 0 radical (unpaired) electrons. The van der Waals surface area contributed by atoms with Crippen LogP contribution in [0.3, 0.4) is 0 Å². The summed E-state index contributed by atoms with van der Waals surface area (Å²) in [7, 11) is 0. The highest BCUT2D eigenvalue weighted by Gasteiger charge is 2.23. The molecule has 0 fully saturated rings. The number of aromatic amines is 1.